The molecule has 1 aromatic heterocycles. The molecular formula is C6H6N4O4. The third-order valence-corrected chi connectivity index (χ3v) is 1.48. The molecular weight excluding hydrogens is 192 g/mol. The molecule has 0 atom stereocenters. The Balaban J connectivity index is 3.36. The van der Waals surface area contributed by atoms with Gasteiger partial charge in [0.2, 0.25) is 0 Å². The van der Waals surface area contributed by atoms with E-state index in [0.717, 1.165) is 12.3 Å². The van der Waals surface area contributed by atoms with Crippen LogP contribution in [-0.2, 0) is 0 Å². The molecule has 4 N–H and O–H groups in total. The smallest absolute Gasteiger partial charge is 0.286 e. The Kier molecular flexibility index (Phi) is 2.47. The second-order valence-corrected chi connectivity index (χ2v) is 2.34. The quantitative estimate of drug-likeness (QED) is 0.191. The molecule has 1 heterocycles. The number of amidine groups is 1. The molecule has 0 aliphatic carbocycles. The summed E-state index contributed by atoms with van der Waals surface area (Å²) in [6.45, 7) is 0. The Morgan fingerprint density at radius 2 is 2.36 bits per heavy atom. The first kappa shape index (κ1) is 9.71. The lowest BCUT2D eigenvalue weighted by Crippen LogP contribution is -2.24. The standard InChI is InChI=1S/C6H6N4O4/c7-5(9-12)4-1-3(10(13)14)2-8-6(4)11/h1-2,12H,(H2,7,9)(H,8,11). The molecule has 0 aliphatic heterocycles. The number of nitrogens with zero attached hydrogens (tertiary/aromatic N) is 2. The van der Waals surface area contributed by atoms with Crippen molar-refractivity contribution in [1.29, 1.82) is 0 Å². The van der Waals surface area contributed by atoms with Crippen molar-refractivity contribution < 1.29 is 10.1 Å². The van der Waals surface area contributed by atoms with Crippen LogP contribution in [0.15, 0.2) is 22.2 Å². The van der Waals surface area contributed by atoms with Gasteiger partial charge in [0, 0.05) is 6.07 Å². The van der Waals surface area contributed by atoms with Gasteiger partial charge in [-0.25, -0.2) is 0 Å². The van der Waals surface area contributed by atoms with E-state index in [9.17, 15) is 14.9 Å². The van der Waals surface area contributed by atoms with Crippen molar-refractivity contribution in [3.63, 3.8) is 0 Å². The third kappa shape index (κ3) is 1.68. The minimum atomic E-state index is -0.704. The van der Waals surface area contributed by atoms with Gasteiger partial charge in [-0.2, -0.15) is 0 Å². The average Bonchev–Trinajstić information content (AvgIpc) is 2.17. The number of rotatable bonds is 2. The van der Waals surface area contributed by atoms with Crippen LogP contribution < -0.4 is 11.3 Å². The Morgan fingerprint density at radius 3 is 2.86 bits per heavy atom. The van der Waals surface area contributed by atoms with E-state index in [2.05, 4.69) is 10.1 Å². The van der Waals surface area contributed by atoms with Crippen molar-refractivity contribution in [2.75, 3.05) is 0 Å². The number of nitrogens with one attached hydrogen (secondary N) is 1. The Morgan fingerprint density at radius 1 is 1.71 bits per heavy atom. The molecule has 0 fully saturated rings. The van der Waals surface area contributed by atoms with Gasteiger partial charge in [0.25, 0.3) is 11.2 Å². The number of aromatic nitrogens is 1. The van der Waals surface area contributed by atoms with Crippen LogP contribution in [0.2, 0.25) is 0 Å². The van der Waals surface area contributed by atoms with E-state index >= 15 is 0 Å². The van der Waals surface area contributed by atoms with E-state index in [0.29, 0.717) is 0 Å². The molecule has 74 valence electrons. The van der Waals surface area contributed by atoms with E-state index < -0.39 is 16.3 Å². The maximum absolute atomic E-state index is 11.0. The lowest BCUT2D eigenvalue weighted by Gasteiger charge is -1.96. The molecule has 0 aliphatic rings. The highest BCUT2D eigenvalue weighted by molar-refractivity contribution is 5.97. The zero-order chi connectivity index (χ0) is 10.7. The topological polar surface area (TPSA) is 135 Å². The van der Waals surface area contributed by atoms with Gasteiger partial charge in [-0.05, 0) is 0 Å². The second kappa shape index (κ2) is 3.56. The summed E-state index contributed by atoms with van der Waals surface area (Å²) in [5.41, 5.74) is 3.87. The summed E-state index contributed by atoms with van der Waals surface area (Å²) in [7, 11) is 0. The van der Waals surface area contributed by atoms with Crippen molar-refractivity contribution in [3.05, 3.63) is 38.3 Å². The minimum absolute atomic E-state index is 0.248. The normalized spacial score (nSPS) is 11.3. The summed E-state index contributed by atoms with van der Waals surface area (Å²) in [4.78, 5) is 22.8. The van der Waals surface area contributed by atoms with Crippen LogP contribution in [0.4, 0.5) is 5.69 Å². The molecule has 14 heavy (non-hydrogen) atoms. The van der Waals surface area contributed by atoms with E-state index in [4.69, 9.17) is 10.9 Å². The maximum Gasteiger partial charge on any atom is 0.286 e. The molecule has 1 rings (SSSR count). The number of H-pyrrole nitrogens is 1. The Hall–Kier alpha value is -2.38. The Bertz CT molecular complexity index is 449. The van der Waals surface area contributed by atoms with E-state index in [1.54, 1.807) is 0 Å². The molecule has 8 nitrogen and oxygen atoms in total. The SMILES string of the molecule is NC(=NO)c1cc([N+](=O)[O-])c[nH]c1=O. The molecule has 0 aromatic carbocycles. The van der Waals surface area contributed by atoms with Crippen LogP contribution >= 0.6 is 0 Å². The number of hydrogen-bond donors (Lipinski definition) is 3. The van der Waals surface area contributed by atoms with Gasteiger partial charge in [0.15, 0.2) is 5.84 Å². The predicted molar refractivity (Wildman–Crippen MR) is 46.2 cm³/mol. The fraction of sp³-hybridized carbons (Fsp3) is 0. The van der Waals surface area contributed by atoms with Gasteiger partial charge in [-0.15, -0.1) is 0 Å². The zero-order valence-corrected chi connectivity index (χ0v) is 6.80. The predicted octanol–water partition coefficient (Wildman–Crippen LogP) is -0.622. The van der Waals surface area contributed by atoms with Gasteiger partial charge in [-0.3, -0.25) is 14.9 Å². The van der Waals surface area contributed by atoms with Crippen LogP contribution in [0, 0.1) is 10.1 Å². The fourth-order valence-electron chi connectivity index (χ4n) is 0.822. The molecule has 0 spiro atoms. The van der Waals surface area contributed by atoms with Gasteiger partial charge in [0.1, 0.15) is 0 Å². The number of oxime groups is 1. The molecule has 0 unspecified atom stereocenters. The molecule has 8 heteroatoms. The molecule has 1 aromatic rings. The summed E-state index contributed by atoms with van der Waals surface area (Å²) in [5.74, 6) is -0.477. The highest BCUT2D eigenvalue weighted by atomic mass is 16.6. The number of aromatic amines is 1. The monoisotopic (exact) mass is 198 g/mol. The Labute approximate surface area is 76.8 Å². The molecule has 0 saturated heterocycles. The van der Waals surface area contributed by atoms with Gasteiger partial charge >= 0.3 is 0 Å². The van der Waals surface area contributed by atoms with Crippen LogP contribution in [0.25, 0.3) is 0 Å². The number of nitrogens with two attached hydrogens (primary N) is 1. The average molecular weight is 198 g/mol. The molecule has 0 bridgehead atoms. The highest BCUT2D eigenvalue weighted by Crippen LogP contribution is 2.07. The minimum Gasteiger partial charge on any atom is -0.409 e. The second-order valence-electron chi connectivity index (χ2n) is 2.34. The molecule has 0 radical (unpaired) electrons. The zero-order valence-electron chi connectivity index (χ0n) is 6.80. The van der Waals surface area contributed by atoms with Crippen LogP contribution in [0.5, 0.6) is 0 Å². The van der Waals surface area contributed by atoms with Crippen LogP contribution in [0.3, 0.4) is 0 Å². The fourth-order valence-corrected chi connectivity index (χ4v) is 0.822. The largest absolute Gasteiger partial charge is 0.409 e. The van der Waals surface area contributed by atoms with Gasteiger partial charge < -0.3 is 15.9 Å². The highest BCUT2D eigenvalue weighted by Gasteiger charge is 2.12. The summed E-state index contributed by atoms with van der Waals surface area (Å²) in [6, 6.07) is 0.924. The van der Waals surface area contributed by atoms with Crippen molar-refractivity contribution in [3.8, 4) is 0 Å². The van der Waals surface area contributed by atoms with Gasteiger partial charge in [-0.1, -0.05) is 5.16 Å². The number of nitro groups is 1. The maximum atomic E-state index is 11.0. The van der Waals surface area contributed by atoms with Crippen molar-refractivity contribution in [2.45, 2.75) is 0 Å². The van der Waals surface area contributed by atoms with Crippen molar-refractivity contribution >= 4 is 11.5 Å². The number of pyridine rings is 1. The van der Waals surface area contributed by atoms with Gasteiger partial charge in [0.05, 0.1) is 16.7 Å². The lowest BCUT2D eigenvalue weighted by atomic mass is 10.2. The molecule has 0 amide bonds. The van der Waals surface area contributed by atoms with E-state index in [1.165, 1.54) is 0 Å². The van der Waals surface area contributed by atoms with E-state index in [-0.39, 0.29) is 11.3 Å². The van der Waals surface area contributed by atoms with Crippen LogP contribution in [-0.4, -0.2) is 21.0 Å². The molecule has 0 saturated carbocycles. The van der Waals surface area contributed by atoms with E-state index in [1.807, 2.05) is 0 Å². The first-order valence-corrected chi connectivity index (χ1v) is 3.41. The first-order valence-electron chi connectivity index (χ1n) is 3.41. The summed E-state index contributed by atoms with van der Waals surface area (Å²) >= 11 is 0. The van der Waals surface area contributed by atoms with Crippen LogP contribution in [0.1, 0.15) is 5.56 Å². The summed E-state index contributed by atoms with van der Waals surface area (Å²) < 4.78 is 0. The summed E-state index contributed by atoms with van der Waals surface area (Å²) in [6.07, 6.45) is 0.927. The van der Waals surface area contributed by atoms with Crippen molar-refractivity contribution in [1.82, 2.24) is 4.98 Å². The van der Waals surface area contributed by atoms with Crippen molar-refractivity contribution in [2.24, 2.45) is 10.9 Å². The lowest BCUT2D eigenvalue weighted by molar-refractivity contribution is -0.385. The first-order chi connectivity index (χ1) is 6.56. The summed E-state index contributed by atoms with van der Waals surface area (Å²) in [5, 5.41) is 21.2. The third-order valence-electron chi connectivity index (χ3n) is 1.48. The number of hydrogen-bond acceptors (Lipinski definition) is 5.